The first-order valence-electron chi connectivity index (χ1n) is 13.5. The number of benzene rings is 5. The number of nitrogens with zero attached hydrogens (tertiary/aromatic N) is 2. The minimum atomic E-state index is 0.443. The van der Waals surface area contributed by atoms with Crippen molar-refractivity contribution < 1.29 is 18.9 Å². The van der Waals surface area contributed by atoms with Gasteiger partial charge in [0.1, 0.15) is 25.4 Å². The van der Waals surface area contributed by atoms with Gasteiger partial charge in [-0.15, -0.1) is 0 Å². The van der Waals surface area contributed by atoms with Gasteiger partial charge in [0.05, 0.1) is 25.3 Å². The van der Waals surface area contributed by atoms with Gasteiger partial charge in [0, 0.05) is 26.4 Å². The van der Waals surface area contributed by atoms with E-state index in [2.05, 4.69) is 28.1 Å². The molecule has 0 aromatic heterocycles. The molecule has 5 aromatic carbocycles. The molecule has 0 saturated heterocycles. The van der Waals surface area contributed by atoms with Crippen molar-refractivity contribution in [3.05, 3.63) is 142 Å². The molecular weight excluding hydrogens is 636 g/mol. The molecule has 5 rings (SSSR count). The van der Waals surface area contributed by atoms with Crippen LogP contribution in [0.4, 0.5) is 0 Å². The van der Waals surface area contributed by atoms with E-state index in [1.807, 2.05) is 97.1 Å². The highest BCUT2D eigenvalue weighted by molar-refractivity contribution is 9.10. The molecule has 0 aliphatic heterocycles. The number of methoxy groups -OCH3 is 2. The maximum atomic E-state index is 9.46. The number of halogens is 1. The van der Waals surface area contributed by atoms with Gasteiger partial charge in [-0.2, -0.15) is 10.5 Å². The minimum absolute atomic E-state index is 0.443. The first-order valence-corrected chi connectivity index (χ1v) is 15.1. The fraction of sp³-hybridized carbons (Fsp3) is 0.111. The summed E-state index contributed by atoms with van der Waals surface area (Å²) in [5.41, 5.74) is 3.23. The topological polar surface area (TPSA) is 84.5 Å². The van der Waals surface area contributed by atoms with Gasteiger partial charge < -0.3 is 18.9 Å². The van der Waals surface area contributed by atoms with Crippen molar-refractivity contribution in [1.29, 1.82) is 10.5 Å². The molecule has 0 heterocycles. The van der Waals surface area contributed by atoms with Gasteiger partial charge in [0.15, 0.2) is 23.0 Å². The van der Waals surface area contributed by atoms with E-state index >= 15 is 0 Å². The summed E-state index contributed by atoms with van der Waals surface area (Å²) < 4.78 is 23.0. The third-order valence-corrected chi connectivity index (χ3v) is 7.93. The van der Waals surface area contributed by atoms with Crippen LogP contribution in [0.25, 0.3) is 0 Å². The molecule has 0 aliphatic carbocycles. The molecule has 5 aromatic rings. The molecule has 0 N–H and O–H groups in total. The van der Waals surface area contributed by atoms with E-state index in [0.717, 1.165) is 20.9 Å². The summed E-state index contributed by atoms with van der Waals surface area (Å²) in [7, 11) is 3.13. The van der Waals surface area contributed by atoms with Crippen LogP contribution in [0.2, 0.25) is 0 Å². The molecular formula is C36H29BrN2O4S. The average molecular weight is 666 g/mol. The Bertz CT molecular complexity index is 1740. The number of rotatable bonds is 10. The average Bonchev–Trinajstić information content (AvgIpc) is 3.08. The predicted octanol–water partition coefficient (Wildman–Crippen LogP) is 9.21. The molecule has 0 aliphatic rings. The van der Waals surface area contributed by atoms with Gasteiger partial charge >= 0.3 is 0 Å². The van der Waals surface area contributed by atoms with Crippen LogP contribution in [-0.4, -0.2) is 14.2 Å². The molecule has 0 amide bonds. The summed E-state index contributed by atoms with van der Waals surface area (Å²) in [5.74, 6) is 2.35. The Morgan fingerprint density at radius 3 is 1.52 bits per heavy atom. The molecule has 0 bridgehead atoms. The van der Waals surface area contributed by atoms with Crippen LogP contribution in [0.5, 0.6) is 23.0 Å². The second-order valence-corrected chi connectivity index (χ2v) is 11.1. The lowest BCUT2D eigenvalue weighted by atomic mass is 10.2. The van der Waals surface area contributed by atoms with E-state index in [1.54, 1.807) is 32.4 Å². The third kappa shape index (κ3) is 9.05. The van der Waals surface area contributed by atoms with Crippen molar-refractivity contribution in [3.8, 4) is 35.1 Å². The van der Waals surface area contributed by atoms with Crippen LogP contribution in [0, 0.1) is 22.7 Å². The van der Waals surface area contributed by atoms with Crippen molar-refractivity contribution in [2.75, 3.05) is 14.2 Å². The van der Waals surface area contributed by atoms with Gasteiger partial charge in [0.25, 0.3) is 0 Å². The Kier molecular flexibility index (Phi) is 12.1. The van der Waals surface area contributed by atoms with Crippen LogP contribution in [0.15, 0.2) is 130 Å². The molecule has 0 atom stereocenters. The Morgan fingerprint density at radius 1 is 0.591 bits per heavy atom. The number of nitriles is 2. The number of hydrogen-bond donors (Lipinski definition) is 0. The highest BCUT2D eigenvalue weighted by atomic mass is 79.9. The summed E-state index contributed by atoms with van der Waals surface area (Å²) in [6, 6.07) is 41.1. The molecule has 220 valence electrons. The molecule has 44 heavy (non-hydrogen) atoms. The van der Waals surface area contributed by atoms with Gasteiger partial charge in [-0.25, -0.2) is 0 Å². The van der Waals surface area contributed by atoms with Crippen molar-refractivity contribution in [2.45, 2.75) is 23.0 Å². The largest absolute Gasteiger partial charge is 0.493 e. The van der Waals surface area contributed by atoms with Crippen molar-refractivity contribution >= 4 is 27.7 Å². The summed E-state index contributed by atoms with van der Waals surface area (Å²) in [6.45, 7) is 0.897. The lowest BCUT2D eigenvalue weighted by Crippen LogP contribution is -1.99. The van der Waals surface area contributed by atoms with Gasteiger partial charge in [-0.1, -0.05) is 90.6 Å². The monoisotopic (exact) mass is 664 g/mol. The molecule has 6 nitrogen and oxygen atoms in total. The Labute approximate surface area is 270 Å². The zero-order chi connectivity index (χ0) is 31.1. The van der Waals surface area contributed by atoms with Crippen LogP contribution in [0.1, 0.15) is 22.3 Å². The Hall–Kier alpha value is -4.89. The molecule has 0 spiro atoms. The third-order valence-electron chi connectivity index (χ3n) is 6.21. The standard InChI is InChI=1S/C21H17NO2S.C15H12BrNO2/c1-23-19-12-17(14-22)21(25-18-10-6-3-7-11-18)13-20(19)24-15-16-8-4-2-5-9-16;1-18-14-7-12(9-17)13(16)8-15(14)19-10-11-5-3-2-4-6-11/h2-13H,15H2,1H3;2-8H,10H2,1H3. The maximum Gasteiger partial charge on any atom is 0.162 e. The highest BCUT2D eigenvalue weighted by Crippen LogP contribution is 2.38. The van der Waals surface area contributed by atoms with Gasteiger partial charge in [-0.05, 0) is 51.3 Å². The second kappa shape index (κ2) is 16.7. The van der Waals surface area contributed by atoms with E-state index in [4.69, 9.17) is 24.2 Å². The van der Waals surface area contributed by atoms with Crippen LogP contribution >= 0.6 is 27.7 Å². The molecule has 0 fully saturated rings. The Morgan fingerprint density at radius 2 is 1.05 bits per heavy atom. The van der Waals surface area contributed by atoms with E-state index in [9.17, 15) is 5.26 Å². The fourth-order valence-electron chi connectivity index (χ4n) is 3.96. The van der Waals surface area contributed by atoms with E-state index < -0.39 is 0 Å². The zero-order valence-electron chi connectivity index (χ0n) is 24.2. The summed E-state index contributed by atoms with van der Waals surface area (Å²) >= 11 is 4.87. The summed E-state index contributed by atoms with van der Waals surface area (Å²) in [6.07, 6.45) is 0. The normalized spacial score (nSPS) is 9.93. The van der Waals surface area contributed by atoms with Crippen LogP contribution in [-0.2, 0) is 13.2 Å². The number of hydrogen-bond acceptors (Lipinski definition) is 7. The molecule has 0 saturated carbocycles. The molecule has 0 unspecified atom stereocenters. The minimum Gasteiger partial charge on any atom is -0.493 e. The smallest absolute Gasteiger partial charge is 0.162 e. The number of ether oxygens (including phenoxy) is 4. The van der Waals surface area contributed by atoms with E-state index in [-0.39, 0.29) is 0 Å². The highest BCUT2D eigenvalue weighted by Gasteiger charge is 2.14. The predicted molar refractivity (Wildman–Crippen MR) is 175 cm³/mol. The zero-order valence-corrected chi connectivity index (χ0v) is 26.6. The van der Waals surface area contributed by atoms with Crippen molar-refractivity contribution in [1.82, 2.24) is 0 Å². The van der Waals surface area contributed by atoms with Crippen molar-refractivity contribution in [3.63, 3.8) is 0 Å². The SMILES string of the molecule is COc1cc(C#N)c(Br)cc1OCc1ccccc1.COc1cc(C#N)c(Sc2ccccc2)cc1OCc1ccccc1. The lowest BCUT2D eigenvalue weighted by molar-refractivity contribution is 0.283. The maximum absolute atomic E-state index is 9.46. The second-order valence-electron chi connectivity index (χ2n) is 9.17. The van der Waals surface area contributed by atoms with E-state index in [0.29, 0.717) is 51.8 Å². The van der Waals surface area contributed by atoms with Gasteiger partial charge in [-0.3, -0.25) is 0 Å². The van der Waals surface area contributed by atoms with E-state index in [1.165, 1.54) is 11.8 Å². The van der Waals surface area contributed by atoms with Gasteiger partial charge in [0.2, 0.25) is 0 Å². The van der Waals surface area contributed by atoms with Crippen molar-refractivity contribution in [2.24, 2.45) is 0 Å². The summed E-state index contributed by atoms with van der Waals surface area (Å²) in [4.78, 5) is 1.91. The quantitative estimate of drug-likeness (QED) is 0.147. The summed E-state index contributed by atoms with van der Waals surface area (Å²) in [5, 5.41) is 18.4. The molecule has 0 radical (unpaired) electrons. The lowest BCUT2D eigenvalue weighted by Gasteiger charge is -2.14. The first kappa shape index (κ1) is 32.0. The Balaban J connectivity index is 0.000000209. The fourth-order valence-corrected chi connectivity index (χ4v) is 5.30. The van der Waals surface area contributed by atoms with Crippen LogP contribution < -0.4 is 18.9 Å². The molecule has 8 heteroatoms. The van der Waals surface area contributed by atoms with Crippen LogP contribution in [0.3, 0.4) is 0 Å². The first-order chi connectivity index (χ1) is 21.5.